The van der Waals surface area contributed by atoms with E-state index in [1.165, 1.54) is 5.56 Å². The molecule has 1 aliphatic carbocycles. The predicted octanol–water partition coefficient (Wildman–Crippen LogP) is 4.32. The van der Waals surface area contributed by atoms with Crippen LogP contribution in [-0.4, -0.2) is 61.8 Å². The number of amides is 1. The summed E-state index contributed by atoms with van der Waals surface area (Å²) in [4.78, 5) is 30.8. The second-order valence-electron chi connectivity index (χ2n) is 10.6. The molecular weight excluding hydrogens is 442 g/mol. The number of hydrogen-bond acceptors (Lipinski definition) is 7. The number of ether oxygens (including phenoxy) is 1. The summed E-state index contributed by atoms with van der Waals surface area (Å²) in [7, 11) is 0. The summed E-state index contributed by atoms with van der Waals surface area (Å²) in [6.07, 6.45) is 5.71. The summed E-state index contributed by atoms with van der Waals surface area (Å²) in [5, 5.41) is 10.5. The molecule has 9 nitrogen and oxygen atoms in total. The molecule has 1 atom stereocenters. The van der Waals surface area contributed by atoms with Crippen LogP contribution < -0.4 is 4.90 Å². The van der Waals surface area contributed by atoms with Crippen LogP contribution in [0.2, 0.25) is 0 Å². The molecule has 0 bridgehead atoms. The van der Waals surface area contributed by atoms with Gasteiger partial charge in [0.05, 0.1) is 17.0 Å². The first kappa shape index (κ1) is 23.1. The number of piperazine rings is 1. The zero-order valence-electron chi connectivity index (χ0n) is 20.9. The van der Waals surface area contributed by atoms with E-state index in [0.717, 1.165) is 35.4 Å². The van der Waals surface area contributed by atoms with Crippen molar-refractivity contribution in [3.63, 3.8) is 0 Å². The minimum atomic E-state index is -0.520. The third-order valence-electron chi connectivity index (χ3n) is 6.48. The Bertz CT molecular complexity index is 1330. The fourth-order valence-corrected chi connectivity index (χ4v) is 4.77. The second kappa shape index (κ2) is 8.52. The smallest absolute Gasteiger partial charge is 0.410 e. The van der Waals surface area contributed by atoms with Gasteiger partial charge in [0.25, 0.3) is 0 Å². The van der Waals surface area contributed by atoms with Crippen LogP contribution in [0, 0.1) is 18.3 Å². The Hall–Kier alpha value is -3.67. The number of aryl methyl sites for hydroxylation is 1. The van der Waals surface area contributed by atoms with Crippen molar-refractivity contribution in [2.45, 2.75) is 65.0 Å². The lowest BCUT2D eigenvalue weighted by Crippen LogP contribution is -2.54. The number of aromatic nitrogens is 4. The molecule has 4 heterocycles. The molecule has 3 aromatic heterocycles. The van der Waals surface area contributed by atoms with Gasteiger partial charge in [-0.05, 0) is 71.1 Å². The molecule has 2 fully saturated rings. The minimum Gasteiger partial charge on any atom is -0.444 e. The number of fused-ring (bicyclic) bond motifs is 1. The monoisotopic (exact) mass is 473 g/mol. The lowest BCUT2D eigenvalue weighted by atomic mass is 10.1. The fraction of sp³-hybridized carbons (Fsp3) is 0.500. The van der Waals surface area contributed by atoms with Gasteiger partial charge in [-0.3, -0.25) is 4.57 Å². The van der Waals surface area contributed by atoms with Crippen molar-refractivity contribution in [3.05, 3.63) is 41.5 Å². The van der Waals surface area contributed by atoms with E-state index in [-0.39, 0.29) is 12.1 Å². The maximum atomic E-state index is 12.6. The van der Waals surface area contributed by atoms with Gasteiger partial charge in [-0.1, -0.05) is 0 Å². The third-order valence-corrected chi connectivity index (χ3v) is 6.48. The van der Waals surface area contributed by atoms with Crippen molar-refractivity contribution in [3.8, 4) is 11.9 Å². The topological polar surface area (TPSA) is 100 Å². The Balaban J connectivity index is 1.53. The van der Waals surface area contributed by atoms with Crippen molar-refractivity contribution in [1.82, 2.24) is 24.4 Å². The molecule has 1 aliphatic heterocycles. The first-order valence-electron chi connectivity index (χ1n) is 12.1. The fourth-order valence-electron chi connectivity index (χ4n) is 4.77. The van der Waals surface area contributed by atoms with Crippen molar-refractivity contribution in [2.75, 3.05) is 24.5 Å². The Labute approximate surface area is 205 Å². The molecule has 0 unspecified atom stereocenters. The van der Waals surface area contributed by atoms with Gasteiger partial charge >= 0.3 is 6.09 Å². The number of anilines is 1. The van der Waals surface area contributed by atoms with Gasteiger partial charge in [0.1, 0.15) is 23.6 Å². The zero-order valence-corrected chi connectivity index (χ0v) is 20.9. The van der Waals surface area contributed by atoms with Gasteiger partial charge in [-0.15, -0.1) is 0 Å². The quantitative estimate of drug-likeness (QED) is 0.558. The van der Waals surface area contributed by atoms with Crippen LogP contribution in [0.3, 0.4) is 0 Å². The van der Waals surface area contributed by atoms with Gasteiger partial charge in [0.15, 0.2) is 5.65 Å². The summed E-state index contributed by atoms with van der Waals surface area (Å²) in [5.41, 5.74) is 2.85. The lowest BCUT2D eigenvalue weighted by molar-refractivity contribution is 0.0218. The Morgan fingerprint density at radius 2 is 1.97 bits per heavy atom. The third kappa shape index (κ3) is 4.53. The molecule has 5 rings (SSSR count). The number of carbonyl (C=O) groups excluding carboxylic acids is 1. The molecule has 3 aromatic rings. The van der Waals surface area contributed by atoms with Crippen LogP contribution in [-0.2, 0) is 4.74 Å². The molecule has 0 N–H and O–H groups in total. The largest absolute Gasteiger partial charge is 0.444 e. The first-order valence-corrected chi connectivity index (χ1v) is 12.1. The van der Waals surface area contributed by atoms with Crippen molar-refractivity contribution in [1.29, 1.82) is 5.26 Å². The highest BCUT2D eigenvalue weighted by Crippen LogP contribution is 2.46. The van der Waals surface area contributed by atoms with E-state index in [9.17, 15) is 10.1 Å². The number of rotatable bonds is 3. The van der Waals surface area contributed by atoms with Crippen LogP contribution in [0.4, 0.5) is 10.6 Å². The maximum absolute atomic E-state index is 12.6. The number of nitrogens with zero attached hydrogens (tertiary/aromatic N) is 7. The van der Waals surface area contributed by atoms with E-state index >= 15 is 0 Å². The number of pyridine rings is 1. The van der Waals surface area contributed by atoms with E-state index < -0.39 is 5.60 Å². The van der Waals surface area contributed by atoms with E-state index in [2.05, 4.69) is 29.1 Å². The van der Waals surface area contributed by atoms with E-state index in [1.54, 1.807) is 23.4 Å². The molecule has 1 amide bonds. The van der Waals surface area contributed by atoms with Gasteiger partial charge in [-0.2, -0.15) is 5.26 Å². The molecule has 1 saturated heterocycles. The Morgan fingerprint density at radius 1 is 1.20 bits per heavy atom. The molecule has 182 valence electrons. The average molecular weight is 474 g/mol. The van der Waals surface area contributed by atoms with Crippen molar-refractivity contribution in [2.24, 2.45) is 0 Å². The minimum absolute atomic E-state index is 0.0621. The maximum Gasteiger partial charge on any atom is 0.410 e. The summed E-state index contributed by atoms with van der Waals surface area (Å²) in [5.74, 6) is 2.05. The number of carbonyl (C=O) groups is 1. The normalized spacial score (nSPS) is 18.6. The van der Waals surface area contributed by atoms with Crippen molar-refractivity contribution >= 4 is 22.9 Å². The number of nitriles is 1. The lowest BCUT2D eigenvalue weighted by Gasteiger charge is -2.41. The van der Waals surface area contributed by atoms with Crippen LogP contribution in [0.1, 0.15) is 63.3 Å². The van der Waals surface area contributed by atoms with Gasteiger partial charge in [-0.25, -0.2) is 19.7 Å². The standard InChI is InChI=1S/C26H31N7O2/c1-16-10-18(12-27)11-21(30-16)33-14-20(19-6-7-19)22-23(28-15-29-24(22)33)32-9-8-31(13-17(32)2)25(34)35-26(3,4)5/h10-11,14-15,17,19H,6-9,13H2,1-5H3/t17-/m0/s1. The highest BCUT2D eigenvalue weighted by molar-refractivity contribution is 5.93. The molecular formula is C26H31N7O2. The van der Waals surface area contributed by atoms with Crippen LogP contribution in [0.5, 0.6) is 0 Å². The molecule has 0 spiro atoms. The van der Waals surface area contributed by atoms with Gasteiger partial charge in [0.2, 0.25) is 0 Å². The Morgan fingerprint density at radius 3 is 2.63 bits per heavy atom. The zero-order chi connectivity index (χ0) is 24.9. The summed E-state index contributed by atoms with van der Waals surface area (Å²) in [6.45, 7) is 11.4. The van der Waals surface area contributed by atoms with Gasteiger partial charge in [0, 0.05) is 37.6 Å². The summed E-state index contributed by atoms with van der Waals surface area (Å²) >= 11 is 0. The Kier molecular flexibility index (Phi) is 5.62. The highest BCUT2D eigenvalue weighted by atomic mass is 16.6. The highest BCUT2D eigenvalue weighted by Gasteiger charge is 2.35. The van der Waals surface area contributed by atoms with Crippen LogP contribution >= 0.6 is 0 Å². The summed E-state index contributed by atoms with van der Waals surface area (Å²) in [6, 6.07) is 5.87. The second-order valence-corrected chi connectivity index (χ2v) is 10.6. The van der Waals surface area contributed by atoms with E-state index in [0.29, 0.717) is 36.9 Å². The molecule has 9 heteroatoms. The number of hydrogen-bond donors (Lipinski definition) is 0. The first-order chi connectivity index (χ1) is 16.6. The average Bonchev–Trinajstić information content (AvgIpc) is 3.57. The summed E-state index contributed by atoms with van der Waals surface area (Å²) < 4.78 is 7.58. The van der Waals surface area contributed by atoms with Gasteiger partial charge < -0.3 is 14.5 Å². The predicted molar refractivity (Wildman–Crippen MR) is 133 cm³/mol. The molecule has 35 heavy (non-hydrogen) atoms. The van der Waals surface area contributed by atoms with E-state index in [1.807, 2.05) is 32.3 Å². The van der Waals surface area contributed by atoms with Crippen LogP contribution in [0.15, 0.2) is 24.7 Å². The SMILES string of the molecule is Cc1cc(C#N)cc(-n2cc(C3CC3)c3c(N4CCN(C(=O)OC(C)(C)C)C[C@@H]4C)ncnc32)n1. The molecule has 1 saturated carbocycles. The molecule has 0 radical (unpaired) electrons. The van der Waals surface area contributed by atoms with Crippen molar-refractivity contribution < 1.29 is 9.53 Å². The molecule has 2 aliphatic rings. The van der Waals surface area contributed by atoms with E-state index in [4.69, 9.17) is 14.7 Å². The van der Waals surface area contributed by atoms with Crippen LogP contribution in [0.25, 0.3) is 16.9 Å². The molecule has 0 aromatic carbocycles.